The molecule has 19 heavy (non-hydrogen) atoms. The Morgan fingerprint density at radius 3 is 2.47 bits per heavy atom. The standard InChI is InChI=1S/C13H12O6/c14-11-8(12(15)16)2-1-3-9(11)19-10(13(17)18)6-7-4-5-7/h1-3,6-7,14H,4-5H2,(H,15,16)(H,17,18)/b10-6+. The molecule has 0 heterocycles. The van der Waals surface area contributed by atoms with Crippen molar-refractivity contribution in [3.05, 3.63) is 35.6 Å². The predicted molar refractivity (Wildman–Crippen MR) is 64.1 cm³/mol. The van der Waals surface area contributed by atoms with Gasteiger partial charge in [-0.1, -0.05) is 6.07 Å². The first-order valence-electron chi connectivity index (χ1n) is 5.67. The lowest BCUT2D eigenvalue weighted by Gasteiger charge is -2.09. The summed E-state index contributed by atoms with van der Waals surface area (Å²) in [5.41, 5.74) is -0.339. The fourth-order valence-electron chi connectivity index (χ4n) is 1.52. The number of carboxylic acid groups (broad SMARTS) is 2. The molecule has 1 aromatic carbocycles. The van der Waals surface area contributed by atoms with E-state index in [1.807, 2.05) is 0 Å². The van der Waals surface area contributed by atoms with Crippen molar-refractivity contribution in [2.24, 2.45) is 5.92 Å². The largest absolute Gasteiger partial charge is 0.504 e. The summed E-state index contributed by atoms with van der Waals surface area (Å²) < 4.78 is 5.10. The van der Waals surface area contributed by atoms with Crippen LogP contribution in [0.15, 0.2) is 30.0 Å². The minimum atomic E-state index is -1.31. The van der Waals surface area contributed by atoms with Crippen LogP contribution >= 0.6 is 0 Å². The highest BCUT2D eigenvalue weighted by Crippen LogP contribution is 2.34. The highest BCUT2D eigenvalue weighted by molar-refractivity contribution is 5.92. The Morgan fingerprint density at radius 2 is 1.95 bits per heavy atom. The first-order valence-corrected chi connectivity index (χ1v) is 5.67. The molecule has 1 aliphatic rings. The molecule has 3 N–H and O–H groups in total. The second kappa shape index (κ2) is 5.01. The predicted octanol–water partition coefficient (Wildman–Crippen LogP) is 1.85. The molecule has 1 aromatic rings. The van der Waals surface area contributed by atoms with Gasteiger partial charge in [-0.25, -0.2) is 9.59 Å². The number of aromatic hydroxyl groups is 1. The van der Waals surface area contributed by atoms with Gasteiger partial charge in [0.2, 0.25) is 5.76 Å². The highest BCUT2D eigenvalue weighted by Gasteiger charge is 2.24. The third-order valence-electron chi connectivity index (χ3n) is 2.67. The minimum absolute atomic E-state index is 0.177. The van der Waals surface area contributed by atoms with E-state index in [1.165, 1.54) is 24.3 Å². The highest BCUT2D eigenvalue weighted by atomic mass is 16.5. The Labute approximate surface area is 108 Å². The lowest BCUT2D eigenvalue weighted by atomic mass is 10.2. The van der Waals surface area contributed by atoms with E-state index in [2.05, 4.69) is 0 Å². The first-order chi connectivity index (χ1) is 8.99. The van der Waals surface area contributed by atoms with Crippen LogP contribution in [0.2, 0.25) is 0 Å². The van der Waals surface area contributed by atoms with Gasteiger partial charge < -0.3 is 20.1 Å². The summed E-state index contributed by atoms with van der Waals surface area (Å²) in [5.74, 6) is -3.47. The zero-order chi connectivity index (χ0) is 14.0. The molecule has 0 unspecified atom stereocenters. The van der Waals surface area contributed by atoms with Gasteiger partial charge in [-0.3, -0.25) is 0 Å². The molecular formula is C13H12O6. The Kier molecular flexibility index (Phi) is 3.41. The molecule has 2 rings (SSSR count). The van der Waals surface area contributed by atoms with Crippen molar-refractivity contribution in [3.8, 4) is 11.5 Å². The summed E-state index contributed by atoms with van der Waals surface area (Å²) in [6.45, 7) is 0. The quantitative estimate of drug-likeness (QED) is 0.553. The van der Waals surface area contributed by atoms with Gasteiger partial charge in [-0.15, -0.1) is 0 Å². The van der Waals surface area contributed by atoms with Gasteiger partial charge in [0.25, 0.3) is 0 Å². The summed E-state index contributed by atoms with van der Waals surface area (Å²) >= 11 is 0. The number of allylic oxidation sites excluding steroid dienone is 1. The second-order valence-electron chi connectivity index (χ2n) is 4.23. The van der Waals surface area contributed by atoms with E-state index >= 15 is 0 Å². The average molecular weight is 264 g/mol. The van der Waals surface area contributed by atoms with Crippen LogP contribution in [-0.2, 0) is 4.79 Å². The van der Waals surface area contributed by atoms with Crippen molar-refractivity contribution in [2.45, 2.75) is 12.8 Å². The summed E-state index contributed by atoms with van der Waals surface area (Å²) in [7, 11) is 0. The fraction of sp³-hybridized carbons (Fsp3) is 0.231. The number of rotatable bonds is 5. The number of hydrogen-bond donors (Lipinski definition) is 3. The number of phenols is 1. The number of benzene rings is 1. The number of ether oxygens (including phenoxy) is 1. The van der Waals surface area contributed by atoms with Gasteiger partial charge in [-0.05, 0) is 37.0 Å². The molecule has 1 fully saturated rings. The molecule has 0 aromatic heterocycles. The van der Waals surface area contributed by atoms with E-state index in [4.69, 9.17) is 14.9 Å². The van der Waals surface area contributed by atoms with E-state index in [-0.39, 0.29) is 23.0 Å². The van der Waals surface area contributed by atoms with E-state index in [1.54, 1.807) is 0 Å². The molecule has 1 saturated carbocycles. The third-order valence-corrected chi connectivity index (χ3v) is 2.67. The van der Waals surface area contributed by atoms with Gasteiger partial charge in [-0.2, -0.15) is 0 Å². The molecular weight excluding hydrogens is 252 g/mol. The van der Waals surface area contributed by atoms with Crippen LogP contribution in [0.4, 0.5) is 0 Å². The van der Waals surface area contributed by atoms with Crippen LogP contribution in [0.25, 0.3) is 0 Å². The smallest absolute Gasteiger partial charge is 0.371 e. The van der Waals surface area contributed by atoms with Gasteiger partial charge in [0.05, 0.1) is 0 Å². The Morgan fingerprint density at radius 1 is 1.26 bits per heavy atom. The SMILES string of the molecule is O=C(O)/C(=C\C1CC1)Oc1cccc(C(=O)O)c1O. The van der Waals surface area contributed by atoms with E-state index in [0.717, 1.165) is 12.8 Å². The third kappa shape index (κ3) is 3.04. The molecule has 0 amide bonds. The van der Waals surface area contributed by atoms with Crippen molar-refractivity contribution >= 4 is 11.9 Å². The number of aromatic carboxylic acids is 1. The van der Waals surface area contributed by atoms with Crippen LogP contribution in [0.3, 0.4) is 0 Å². The van der Waals surface area contributed by atoms with Crippen molar-refractivity contribution in [1.82, 2.24) is 0 Å². The van der Waals surface area contributed by atoms with Crippen molar-refractivity contribution < 1.29 is 29.6 Å². The molecule has 0 bridgehead atoms. The van der Waals surface area contributed by atoms with Crippen LogP contribution in [0.5, 0.6) is 11.5 Å². The Hall–Kier alpha value is -2.50. The van der Waals surface area contributed by atoms with Gasteiger partial charge >= 0.3 is 11.9 Å². The second-order valence-corrected chi connectivity index (χ2v) is 4.23. The topological polar surface area (TPSA) is 104 Å². The van der Waals surface area contributed by atoms with E-state index < -0.39 is 17.7 Å². The fourth-order valence-corrected chi connectivity index (χ4v) is 1.52. The van der Waals surface area contributed by atoms with Crippen molar-refractivity contribution in [2.75, 3.05) is 0 Å². The van der Waals surface area contributed by atoms with Gasteiger partial charge in [0, 0.05) is 0 Å². The monoisotopic (exact) mass is 264 g/mol. The van der Waals surface area contributed by atoms with E-state index in [0.29, 0.717) is 0 Å². The van der Waals surface area contributed by atoms with Crippen LogP contribution in [-0.4, -0.2) is 27.3 Å². The molecule has 100 valence electrons. The average Bonchev–Trinajstić information content (AvgIpc) is 3.14. The zero-order valence-electron chi connectivity index (χ0n) is 9.87. The molecule has 1 aliphatic carbocycles. The normalized spacial score (nSPS) is 15.1. The van der Waals surface area contributed by atoms with Crippen LogP contribution in [0, 0.1) is 5.92 Å². The first kappa shape index (κ1) is 12.9. The van der Waals surface area contributed by atoms with Gasteiger partial charge in [0.15, 0.2) is 11.5 Å². The summed E-state index contributed by atoms with van der Waals surface area (Å²) in [5, 5.41) is 27.5. The molecule has 0 saturated heterocycles. The van der Waals surface area contributed by atoms with Crippen LogP contribution < -0.4 is 4.74 Å². The van der Waals surface area contributed by atoms with E-state index in [9.17, 15) is 14.7 Å². The zero-order valence-corrected chi connectivity index (χ0v) is 9.87. The number of para-hydroxylation sites is 1. The maximum atomic E-state index is 11.0. The summed E-state index contributed by atoms with van der Waals surface area (Å²) in [4.78, 5) is 21.8. The lowest BCUT2D eigenvalue weighted by molar-refractivity contribution is -0.135. The van der Waals surface area contributed by atoms with Crippen LogP contribution in [0.1, 0.15) is 23.2 Å². The molecule has 0 atom stereocenters. The molecule has 0 spiro atoms. The Bertz CT molecular complexity index is 556. The number of carbonyl (C=O) groups is 2. The maximum Gasteiger partial charge on any atom is 0.371 e. The summed E-state index contributed by atoms with van der Waals surface area (Å²) in [6, 6.07) is 3.89. The maximum absolute atomic E-state index is 11.0. The summed E-state index contributed by atoms with van der Waals surface area (Å²) in [6.07, 6.45) is 3.28. The molecule has 0 aliphatic heterocycles. The Balaban J connectivity index is 2.29. The molecule has 6 heteroatoms. The minimum Gasteiger partial charge on any atom is -0.504 e. The van der Waals surface area contributed by atoms with Crippen molar-refractivity contribution in [1.29, 1.82) is 0 Å². The van der Waals surface area contributed by atoms with Gasteiger partial charge in [0.1, 0.15) is 5.56 Å². The lowest BCUT2D eigenvalue weighted by Crippen LogP contribution is -2.09. The van der Waals surface area contributed by atoms with Crippen molar-refractivity contribution in [3.63, 3.8) is 0 Å². The number of hydrogen-bond acceptors (Lipinski definition) is 4. The number of carboxylic acids is 2. The number of aliphatic carboxylic acids is 1. The molecule has 0 radical (unpaired) electrons. The molecule has 6 nitrogen and oxygen atoms in total.